The fourth-order valence-corrected chi connectivity index (χ4v) is 4.85. The molecule has 1 aromatic carbocycles. The molecule has 2 saturated heterocycles. The van der Waals surface area contributed by atoms with Crippen LogP contribution in [0.25, 0.3) is 0 Å². The van der Waals surface area contributed by atoms with Crippen molar-refractivity contribution in [2.45, 2.75) is 24.2 Å². The highest BCUT2D eigenvalue weighted by Crippen LogP contribution is 2.20. The standard InChI is InChI=1S/C17H23F2N3O3S/c18-14-10-15(19)12-16(11-14)26(24,25)22-8-6-20(7-9-22)13-17(23)21-4-2-1-3-5-21/h10-12H,1-9,13H2. The fraction of sp³-hybridized carbons (Fsp3) is 0.588. The Morgan fingerprint density at radius 3 is 2.04 bits per heavy atom. The van der Waals surface area contributed by atoms with Crippen molar-refractivity contribution in [3.8, 4) is 0 Å². The van der Waals surface area contributed by atoms with Crippen LogP contribution in [0.1, 0.15) is 19.3 Å². The highest BCUT2D eigenvalue weighted by Gasteiger charge is 2.30. The van der Waals surface area contributed by atoms with Crippen LogP contribution in [0.3, 0.4) is 0 Å². The average Bonchev–Trinajstić information content (AvgIpc) is 2.62. The molecule has 0 N–H and O–H groups in total. The van der Waals surface area contributed by atoms with Gasteiger partial charge in [-0.15, -0.1) is 0 Å². The Labute approximate surface area is 152 Å². The lowest BCUT2D eigenvalue weighted by atomic mass is 10.1. The normalized spacial score (nSPS) is 20.3. The maximum Gasteiger partial charge on any atom is 0.243 e. The van der Waals surface area contributed by atoms with Crippen molar-refractivity contribution in [3.63, 3.8) is 0 Å². The van der Waals surface area contributed by atoms with Gasteiger partial charge >= 0.3 is 0 Å². The number of rotatable bonds is 4. The zero-order chi connectivity index (χ0) is 18.7. The van der Waals surface area contributed by atoms with E-state index in [1.165, 1.54) is 4.31 Å². The Morgan fingerprint density at radius 1 is 0.885 bits per heavy atom. The number of likely N-dealkylation sites (tertiary alicyclic amines) is 1. The van der Waals surface area contributed by atoms with E-state index in [1.807, 2.05) is 9.80 Å². The van der Waals surface area contributed by atoms with E-state index in [1.54, 1.807) is 0 Å². The maximum absolute atomic E-state index is 13.3. The molecule has 9 heteroatoms. The van der Waals surface area contributed by atoms with Crippen LogP contribution in [0.2, 0.25) is 0 Å². The number of halogens is 2. The van der Waals surface area contributed by atoms with Gasteiger partial charge in [0, 0.05) is 45.3 Å². The van der Waals surface area contributed by atoms with Gasteiger partial charge in [-0.2, -0.15) is 4.31 Å². The molecule has 2 fully saturated rings. The molecule has 1 amide bonds. The third kappa shape index (κ3) is 4.39. The monoisotopic (exact) mass is 387 g/mol. The minimum Gasteiger partial charge on any atom is -0.342 e. The first-order valence-electron chi connectivity index (χ1n) is 8.82. The quantitative estimate of drug-likeness (QED) is 0.781. The van der Waals surface area contributed by atoms with E-state index in [2.05, 4.69) is 0 Å². The number of nitrogens with zero attached hydrogens (tertiary/aromatic N) is 3. The number of piperidine rings is 1. The van der Waals surface area contributed by atoms with Crippen LogP contribution in [-0.2, 0) is 14.8 Å². The first-order valence-corrected chi connectivity index (χ1v) is 10.3. The Morgan fingerprint density at radius 2 is 1.46 bits per heavy atom. The molecule has 2 aliphatic rings. The van der Waals surface area contributed by atoms with Gasteiger partial charge in [0.25, 0.3) is 0 Å². The maximum atomic E-state index is 13.3. The third-order valence-corrected chi connectivity index (χ3v) is 6.75. The SMILES string of the molecule is O=C(CN1CCN(S(=O)(=O)c2cc(F)cc(F)c2)CC1)N1CCCCC1. The summed E-state index contributed by atoms with van der Waals surface area (Å²) >= 11 is 0. The second-order valence-corrected chi connectivity index (χ2v) is 8.66. The molecule has 1 aromatic rings. The molecule has 0 bridgehead atoms. The number of hydrogen-bond donors (Lipinski definition) is 0. The van der Waals surface area contributed by atoms with Crippen LogP contribution in [0.5, 0.6) is 0 Å². The zero-order valence-electron chi connectivity index (χ0n) is 14.5. The van der Waals surface area contributed by atoms with Gasteiger partial charge < -0.3 is 4.90 Å². The number of piperazine rings is 1. The van der Waals surface area contributed by atoms with Gasteiger partial charge in [0.1, 0.15) is 11.6 Å². The molecule has 3 rings (SSSR count). The molecule has 26 heavy (non-hydrogen) atoms. The molecule has 0 atom stereocenters. The van der Waals surface area contributed by atoms with E-state index < -0.39 is 21.7 Å². The van der Waals surface area contributed by atoms with Gasteiger partial charge in [-0.25, -0.2) is 17.2 Å². The second kappa shape index (κ2) is 7.98. The summed E-state index contributed by atoms with van der Waals surface area (Å²) in [5, 5.41) is 0. The summed E-state index contributed by atoms with van der Waals surface area (Å²) in [4.78, 5) is 15.7. The topological polar surface area (TPSA) is 60.9 Å². The van der Waals surface area contributed by atoms with E-state index in [9.17, 15) is 22.0 Å². The smallest absolute Gasteiger partial charge is 0.243 e. The summed E-state index contributed by atoms with van der Waals surface area (Å²) < 4.78 is 53.0. The van der Waals surface area contributed by atoms with Crippen LogP contribution in [-0.4, -0.2) is 74.2 Å². The van der Waals surface area contributed by atoms with Crippen molar-refractivity contribution < 1.29 is 22.0 Å². The van der Waals surface area contributed by atoms with Gasteiger partial charge in [-0.05, 0) is 31.4 Å². The van der Waals surface area contributed by atoms with Crippen molar-refractivity contribution in [2.75, 3.05) is 45.8 Å². The zero-order valence-corrected chi connectivity index (χ0v) is 15.4. The largest absolute Gasteiger partial charge is 0.342 e. The van der Waals surface area contributed by atoms with E-state index in [4.69, 9.17) is 0 Å². The highest BCUT2D eigenvalue weighted by molar-refractivity contribution is 7.89. The molecule has 0 radical (unpaired) electrons. The van der Waals surface area contributed by atoms with Crippen molar-refractivity contribution in [1.29, 1.82) is 0 Å². The number of carbonyl (C=O) groups is 1. The van der Waals surface area contributed by atoms with Gasteiger partial charge in [0.2, 0.25) is 15.9 Å². The van der Waals surface area contributed by atoms with E-state index in [-0.39, 0.29) is 30.4 Å². The summed E-state index contributed by atoms with van der Waals surface area (Å²) in [6, 6.07) is 2.29. The number of sulfonamides is 1. The van der Waals surface area contributed by atoms with Crippen LogP contribution in [0, 0.1) is 11.6 Å². The number of benzene rings is 1. The minimum absolute atomic E-state index is 0.0770. The molecule has 0 aliphatic carbocycles. The van der Waals surface area contributed by atoms with E-state index in [0.717, 1.165) is 44.5 Å². The molecule has 144 valence electrons. The predicted octanol–water partition coefficient (Wildman–Crippen LogP) is 1.28. The molecule has 0 aromatic heterocycles. The summed E-state index contributed by atoms with van der Waals surface area (Å²) in [6.07, 6.45) is 3.21. The van der Waals surface area contributed by atoms with Crippen molar-refractivity contribution in [1.82, 2.24) is 14.1 Å². The number of carbonyl (C=O) groups excluding carboxylic acids is 1. The molecule has 2 aliphatic heterocycles. The van der Waals surface area contributed by atoms with Gasteiger partial charge in [0.05, 0.1) is 11.4 Å². The van der Waals surface area contributed by atoms with Crippen molar-refractivity contribution in [2.24, 2.45) is 0 Å². The molecular formula is C17H23F2N3O3S. The predicted molar refractivity (Wildman–Crippen MR) is 92.0 cm³/mol. The summed E-state index contributed by atoms with van der Waals surface area (Å²) in [7, 11) is -3.95. The minimum atomic E-state index is -3.95. The first-order chi connectivity index (χ1) is 12.4. The summed E-state index contributed by atoms with van der Waals surface area (Å²) in [5.74, 6) is -1.77. The average molecular weight is 387 g/mol. The summed E-state index contributed by atoms with van der Waals surface area (Å²) in [6.45, 7) is 3.06. The lowest BCUT2D eigenvalue weighted by Crippen LogP contribution is -2.51. The first kappa shape index (κ1) is 19.2. The van der Waals surface area contributed by atoms with Crippen LogP contribution in [0.15, 0.2) is 23.1 Å². The van der Waals surface area contributed by atoms with Gasteiger partial charge in [0.15, 0.2) is 0 Å². The van der Waals surface area contributed by atoms with Crippen molar-refractivity contribution in [3.05, 3.63) is 29.8 Å². The molecule has 0 spiro atoms. The van der Waals surface area contributed by atoms with Crippen LogP contribution in [0.4, 0.5) is 8.78 Å². The second-order valence-electron chi connectivity index (χ2n) is 6.73. The Bertz CT molecular complexity index is 738. The van der Waals surface area contributed by atoms with E-state index in [0.29, 0.717) is 19.2 Å². The molecule has 0 saturated carbocycles. The van der Waals surface area contributed by atoms with E-state index >= 15 is 0 Å². The lowest BCUT2D eigenvalue weighted by Gasteiger charge is -2.35. The molecule has 6 nitrogen and oxygen atoms in total. The fourth-order valence-electron chi connectivity index (χ4n) is 3.39. The Kier molecular flexibility index (Phi) is 5.89. The number of amides is 1. The third-order valence-electron chi connectivity index (χ3n) is 4.87. The highest BCUT2D eigenvalue weighted by atomic mass is 32.2. The lowest BCUT2D eigenvalue weighted by molar-refractivity contribution is -0.133. The van der Waals surface area contributed by atoms with Crippen LogP contribution < -0.4 is 0 Å². The summed E-state index contributed by atoms with van der Waals surface area (Å²) in [5.41, 5.74) is 0. The van der Waals surface area contributed by atoms with Crippen molar-refractivity contribution >= 4 is 15.9 Å². The molecule has 2 heterocycles. The molecule has 0 unspecified atom stereocenters. The number of hydrogen-bond acceptors (Lipinski definition) is 4. The van der Waals surface area contributed by atoms with Gasteiger partial charge in [-0.1, -0.05) is 0 Å². The Hall–Kier alpha value is -1.58. The van der Waals surface area contributed by atoms with Crippen LogP contribution >= 0.6 is 0 Å². The Balaban J connectivity index is 1.58. The molecular weight excluding hydrogens is 364 g/mol. The van der Waals surface area contributed by atoms with Gasteiger partial charge in [-0.3, -0.25) is 9.69 Å².